The van der Waals surface area contributed by atoms with Gasteiger partial charge in [-0.2, -0.15) is 10.2 Å². The molecule has 324 valence electrons. The van der Waals surface area contributed by atoms with Crippen LogP contribution in [0.25, 0.3) is 21.5 Å². The number of nitrogen functional groups attached to an aromatic ring is 1. The number of fused-ring (bicyclic) bond motifs is 4. The summed E-state index contributed by atoms with van der Waals surface area (Å²) in [5.41, 5.74) is 13.6. The number of H-pyrrole nitrogens is 2. The zero-order valence-corrected chi connectivity index (χ0v) is 35.2. The van der Waals surface area contributed by atoms with Crippen LogP contribution in [-0.4, -0.2) is 55.2 Å². The van der Waals surface area contributed by atoms with E-state index in [4.69, 9.17) is 15.6 Å². The van der Waals surface area contributed by atoms with Gasteiger partial charge in [0.2, 0.25) is 0 Å². The van der Waals surface area contributed by atoms with Gasteiger partial charge in [0, 0.05) is 36.2 Å². The Morgan fingerprint density at radius 1 is 0.569 bits per heavy atom. The average molecular weight is 869 g/mol. The first kappa shape index (κ1) is 44.2. The number of imide groups is 1. The molecule has 10 rings (SSSR count). The number of nitrogens with two attached hydrogens (primary N) is 1. The van der Waals surface area contributed by atoms with Gasteiger partial charge in [0.05, 0.1) is 50.1 Å². The number of aryl methyl sites for hydroxylation is 2. The number of hydrogen-bond donors (Lipinski definition) is 4. The fourth-order valence-corrected chi connectivity index (χ4v) is 7.30. The number of amides is 2. The maximum absolute atomic E-state index is 12.9. The molecule has 65 heavy (non-hydrogen) atoms. The monoisotopic (exact) mass is 868 g/mol. The minimum atomic E-state index is -0.833. The molecule has 15 nitrogen and oxygen atoms in total. The van der Waals surface area contributed by atoms with Crippen LogP contribution in [0.1, 0.15) is 82.0 Å². The van der Waals surface area contributed by atoms with E-state index in [0.29, 0.717) is 51.6 Å². The largest absolute Gasteiger partial charge is 0.481 e. The third-order valence-electron chi connectivity index (χ3n) is 10.3. The molecule has 15 heteroatoms. The Morgan fingerprint density at radius 2 is 1.03 bits per heavy atom. The molecule has 2 amide bonds. The number of cyclic esters (lactones) is 2. The van der Waals surface area contributed by atoms with E-state index in [1.54, 1.807) is 48.5 Å². The number of aromatic nitrogens is 4. The summed E-state index contributed by atoms with van der Waals surface area (Å²) in [6.45, 7) is 4.83. The Hall–Kier alpha value is -8.85. The highest BCUT2D eigenvalue weighted by molar-refractivity contribution is 6.34. The van der Waals surface area contributed by atoms with Crippen LogP contribution in [0.5, 0.6) is 0 Å². The van der Waals surface area contributed by atoms with E-state index in [2.05, 4.69) is 25.1 Å². The van der Waals surface area contributed by atoms with Gasteiger partial charge in [-0.05, 0) is 85.6 Å². The number of benzene rings is 6. The summed E-state index contributed by atoms with van der Waals surface area (Å²) in [6.07, 6.45) is 1.09. The molecule has 0 unspecified atom stereocenters. The van der Waals surface area contributed by atoms with E-state index in [-0.39, 0.29) is 22.9 Å². The van der Waals surface area contributed by atoms with Crippen LogP contribution >= 0.6 is 0 Å². The summed E-state index contributed by atoms with van der Waals surface area (Å²) < 4.78 is 4.41. The van der Waals surface area contributed by atoms with Crippen molar-refractivity contribution in [3.8, 4) is 0 Å². The molecule has 0 fully saturated rings. The summed E-state index contributed by atoms with van der Waals surface area (Å²) in [5.74, 6) is -2.56. The van der Waals surface area contributed by atoms with E-state index >= 15 is 0 Å². The summed E-state index contributed by atoms with van der Waals surface area (Å²) in [5, 5.41) is 23.8. The fraction of sp³-hybridized carbons (Fsp3) is 0.100. The number of aromatic amines is 2. The zero-order valence-electron chi connectivity index (χ0n) is 35.2. The van der Waals surface area contributed by atoms with Crippen molar-refractivity contribution < 1.29 is 33.8 Å². The van der Waals surface area contributed by atoms with Gasteiger partial charge in [-0.1, -0.05) is 83.9 Å². The van der Waals surface area contributed by atoms with E-state index in [0.717, 1.165) is 57.0 Å². The molecular formula is C50H40N6O9. The second-order valence-electron chi connectivity index (χ2n) is 15.1. The summed E-state index contributed by atoms with van der Waals surface area (Å²) >= 11 is 0. The molecule has 8 aromatic rings. The molecule has 0 saturated heterocycles. The van der Waals surface area contributed by atoms with E-state index in [1.807, 2.05) is 98.8 Å². The number of esters is 2. The first-order valence-corrected chi connectivity index (χ1v) is 20.1. The number of carboxylic acid groups (broad SMARTS) is 1. The second kappa shape index (κ2) is 19.0. The van der Waals surface area contributed by atoms with Gasteiger partial charge in [0.15, 0.2) is 0 Å². The quantitative estimate of drug-likeness (QED) is 0.0586. The molecule has 0 saturated carbocycles. The Kier molecular flexibility index (Phi) is 13.0. The number of anilines is 2. The molecule has 2 aliphatic rings. The predicted octanol–water partition coefficient (Wildman–Crippen LogP) is 7.12. The number of carbonyl (C=O) groups is 5. The lowest BCUT2D eigenvalue weighted by Crippen LogP contribution is -2.29. The van der Waals surface area contributed by atoms with Crippen molar-refractivity contribution in [2.45, 2.75) is 33.6 Å². The summed E-state index contributed by atoms with van der Waals surface area (Å²) in [7, 11) is 0. The standard InChI is InChI=1S/C24H17N3O3.C15H13N3O.C9H6O3.C2H4O2/c1-14-9-10-19-20(11-14)24(30)27(23(19)29)16-6-4-5-15(12-16)13-21-17-7-2-3-8-18(17)22(28)26-25-21;16-11-5-3-4-10(8-11)9-14-12-6-1-2-7-13(12)15(19)18-17-14;1-5-2-3-6-7(4-5)9(11)12-8(6)10;1-2(3)4/h2-12H,13H2,1H3,(H,26,28);1-8H,9,16H2,(H,18,19);2-4H,1H3;1H3,(H,3,4). The first-order chi connectivity index (χ1) is 31.2. The number of nitrogens with zero attached hydrogens (tertiary/aromatic N) is 3. The van der Waals surface area contributed by atoms with Gasteiger partial charge in [-0.15, -0.1) is 0 Å². The normalized spacial score (nSPS) is 12.3. The van der Waals surface area contributed by atoms with E-state index < -0.39 is 17.9 Å². The Morgan fingerprint density at radius 3 is 1.58 bits per heavy atom. The van der Waals surface area contributed by atoms with Crippen LogP contribution in [0.15, 0.2) is 143 Å². The molecule has 5 N–H and O–H groups in total. The van der Waals surface area contributed by atoms with Crippen molar-refractivity contribution in [2.75, 3.05) is 10.6 Å². The molecule has 6 aromatic carbocycles. The number of carbonyl (C=O) groups excluding carboxylic acids is 4. The van der Waals surface area contributed by atoms with Crippen molar-refractivity contribution in [1.29, 1.82) is 0 Å². The highest BCUT2D eigenvalue weighted by atomic mass is 16.6. The predicted molar refractivity (Wildman–Crippen MR) is 244 cm³/mol. The third-order valence-corrected chi connectivity index (χ3v) is 10.3. The number of ether oxygens (including phenoxy) is 1. The van der Waals surface area contributed by atoms with Crippen molar-refractivity contribution in [2.24, 2.45) is 0 Å². The number of nitrogens with one attached hydrogen (secondary N) is 2. The number of carboxylic acids is 1. The lowest BCUT2D eigenvalue weighted by molar-refractivity contribution is -0.134. The van der Waals surface area contributed by atoms with Crippen LogP contribution in [-0.2, 0) is 22.4 Å². The Balaban J connectivity index is 0.000000153. The topological polar surface area (TPSA) is 236 Å². The van der Waals surface area contributed by atoms with Gasteiger partial charge in [0.1, 0.15) is 0 Å². The maximum Gasteiger partial charge on any atom is 0.346 e. The SMILES string of the molecule is CC(=O)O.Cc1ccc2c(c1)C(=O)N(c1cccc(Cc3n[nH]c(=O)c4ccccc34)c1)C2=O.Cc1ccc2c(c1)C(=O)OC2=O.Nc1cccc(Cc2n[nH]c(=O)c3ccccc23)c1. The Bertz CT molecular complexity index is 3320. The number of rotatable bonds is 5. The Labute approximate surface area is 370 Å². The highest BCUT2D eigenvalue weighted by Gasteiger charge is 2.36. The minimum Gasteiger partial charge on any atom is -0.481 e. The second-order valence-corrected chi connectivity index (χ2v) is 15.1. The lowest BCUT2D eigenvalue weighted by Gasteiger charge is -2.15. The number of hydrogen-bond acceptors (Lipinski definition) is 11. The van der Waals surface area contributed by atoms with Gasteiger partial charge in [-0.3, -0.25) is 24.0 Å². The van der Waals surface area contributed by atoms with Crippen molar-refractivity contribution in [3.63, 3.8) is 0 Å². The number of aliphatic carboxylic acids is 1. The average Bonchev–Trinajstić information content (AvgIpc) is 3.71. The van der Waals surface area contributed by atoms with E-state index in [9.17, 15) is 28.8 Å². The van der Waals surface area contributed by atoms with Gasteiger partial charge >= 0.3 is 11.9 Å². The van der Waals surface area contributed by atoms with Gasteiger partial charge in [0.25, 0.3) is 28.9 Å². The minimum absolute atomic E-state index is 0.160. The van der Waals surface area contributed by atoms with Crippen LogP contribution in [0.3, 0.4) is 0 Å². The molecule has 0 aliphatic carbocycles. The summed E-state index contributed by atoms with van der Waals surface area (Å²) in [4.78, 5) is 81.6. The molecule has 2 aromatic heterocycles. The highest BCUT2D eigenvalue weighted by Crippen LogP contribution is 2.30. The zero-order chi connectivity index (χ0) is 46.4. The first-order valence-electron chi connectivity index (χ1n) is 20.1. The van der Waals surface area contributed by atoms with E-state index in [1.165, 1.54) is 4.90 Å². The molecule has 0 atom stereocenters. The van der Waals surface area contributed by atoms with Crippen LogP contribution < -0.4 is 21.8 Å². The molecule has 0 spiro atoms. The van der Waals surface area contributed by atoms with Crippen molar-refractivity contribution >= 4 is 62.6 Å². The van der Waals surface area contributed by atoms with Crippen molar-refractivity contribution in [1.82, 2.24) is 20.4 Å². The van der Waals surface area contributed by atoms with Gasteiger partial charge in [-0.25, -0.2) is 24.7 Å². The molecule has 0 radical (unpaired) electrons. The summed E-state index contributed by atoms with van der Waals surface area (Å²) in [6, 6.07) is 40.1. The third kappa shape index (κ3) is 9.95. The molecule has 2 aliphatic heterocycles. The van der Waals surface area contributed by atoms with Gasteiger partial charge < -0.3 is 15.6 Å². The fourth-order valence-electron chi connectivity index (χ4n) is 7.30. The van der Waals surface area contributed by atoms with Crippen LogP contribution in [0, 0.1) is 13.8 Å². The molecular weight excluding hydrogens is 829 g/mol. The maximum atomic E-state index is 12.9. The van der Waals surface area contributed by atoms with Crippen LogP contribution in [0.4, 0.5) is 11.4 Å². The molecule has 0 bridgehead atoms. The smallest absolute Gasteiger partial charge is 0.346 e. The lowest BCUT2D eigenvalue weighted by atomic mass is 10.0. The molecule has 4 heterocycles. The van der Waals surface area contributed by atoms with Crippen LogP contribution in [0.2, 0.25) is 0 Å². The van der Waals surface area contributed by atoms with Crippen molar-refractivity contribution in [3.05, 3.63) is 210 Å².